The predicted molar refractivity (Wildman–Crippen MR) is 118 cm³/mol. The molecule has 0 unspecified atom stereocenters. The molecule has 3 aliphatic rings. The molecule has 0 radical (unpaired) electrons. The normalized spacial score (nSPS) is 21.7. The molecule has 31 heavy (non-hydrogen) atoms. The molecule has 2 aliphatic heterocycles. The maximum Gasteiger partial charge on any atom is 0.254 e. The SMILES string of the molecule is CNC(=O)c1ccc(-c2ccc3c(c2)CCN([C@@H]2CCN(C4CCC4)C2)C3=O)c(F)c1. The van der Waals surface area contributed by atoms with Gasteiger partial charge in [0.1, 0.15) is 5.82 Å². The summed E-state index contributed by atoms with van der Waals surface area (Å²) in [6.45, 7) is 2.81. The number of halogens is 1. The Hall–Kier alpha value is -2.73. The second-order valence-corrected chi connectivity index (χ2v) is 8.92. The van der Waals surface area contributed by atoms with Crippen LogP contribution in [-0.4, -0.2) is 60.4 Å². The zero-order valence-electron chi connectivity index (χ0n) is 17.9. The number of nitrogens with zero attached hydrogens (tertiary/aromatic N) is 2. The molecule has 1 saturated carbocycles. The zero-order chi connectivity index (χ0) is 21.5. The Morgan fingerprint density at radius 2 is 1.84 bits per heavy atom. The molecule has 2 aromatic carbocycles. The van der Waals surface area contributed by atoms with Crippen molar-refractivity contribution in [1.29, 1.82) is 0 Å². The van der Waals surface area contributed by atoms with Gasteiger partial charge in [0.25, 0.3) is 11.8 Å². The number of hydrogen-bond acceptors (Lipinski definition) is 3. The minimum atomic E-state index is -0.438. The van der Waals surface area contributed by atoms with E-state index in [0.29, 0.717) is 17.2 Å². The van der Waals surface area contributed by atoms with Crippen LogP contribution in [0.1, 0.15) is 52.0 Å². The van der Waals surface area contributed by atoms with Crippen LogP contribution >= 0.6 is 0 Å². The number of benzene rings is 2. The van der Waals surface area contributed by atoms with Crippen LogP contribution in [0.4, 0.5) is 4.39 Å². The average Bonchev–Trinajstić information content (AvgIpc) is 3.20. The minimum Gasteiger partial charge on any atom is -0.355 e. The van der Waals surface area contributed by atoms with Crippen molar-refractivity contribution in [1.82, 2.24) is 15.1 Å². The van der Waals surface area contributed by atoms with Crippen molar-refractivity contribution in [3.05, 3.63) is 58.9 Å². The van der Waals surface area contributed by atoms with E-state index in [1.807, 2.05) is 18.2 Å². The third-order valence-electron chi connectivity index (χ3n) is 7.21. The van der Waals surface area contributed by atoms with E-state index in [-0.39, 0.29) is 11.8 Å². The van der Waals surface area contributed by atoms with Crippen molar-refractivity contribution >= 4 is 11.8 Å². The van der Waals surface area contributed by atoms with Crippen molar-refractivity contribution in [2.24, 2.45) is 0 Å². The summed E-state index contributed by atoms with van der Waals surface area (Å²) in [7, 11) is 1.52. The molecule has 1 N–H and O–H groups in total. The van der Waals surface area contributed by atoms with Crippen molar-refractivity contribution in [3.63, 3.8) is 0 Å². The smallest absolute Gasteiger partial charge is 0.254 e. The second kappa shape index (κ2) is 8.08. The molecule has 0 aromatic heterocycles. The summed E-state index contributed by atoms with van der Waals surface area (Å²) in [5.74, 6) is -0.653. The van der Waals surface area contributed by atoms with E-state index in [0.717, 1.165) is 55.2 Å². The van der Waals surface area contributed by atoms with Crippen LogP contribution in [0.5, 0.6) is 0 Å². The van der Waals surface area contributed by atoms with Crippen LogP contribution in [0.25, 0.3) is 11.1 Å². The molecule has 5 rings (SSSR count). The number of nitrogens with one attached hydrogen (secondary N) is 1. The lowest BCUT2D eigenvalue weighted by molar-refractivity contribution is 0.0646. The highest BCUT2D eigenvalue weighted by Crippen LogP contribution is 2.33. The highest BCUT2D eigenvalue weighted by Gasteiger charge is 2.37. The largest absolute Gasteiger partial charge is 0.355 e. The number of fused-ring (bicyclic) bond motifs is 1. The molecule has 1 aliphatic carbocycles. The second-order valence-electron chi connectivity index (χ2n) is 8.92. The first-order valence-electron chi connectivity index (χ1n) is 11.2. The van der Waals surface area contributed by atoms with Crippen LogP contribution in [-0.2, 0) is 6.42 Å². The molecular weight excluding hydrogens is 393 g/mol. The van der Waals surface area contributed by atoms with Gasteiger partial charge < -0.3 is 10.2 Å². The van der Waals surface area contributed by atoms with E-state index in [9.17, 15) is 14.0 Å². The van der Waals surface area contributed by atoms with Gasteiger partial charge >= 0.3 is 0 Å². The van der Waals surface area contributed by atoms with Gasteiger partial charge in [0.2, 0.25) is 0 Å². The number of hydrogen-bond donors (Lipinski definition) is 1. The van der Waals surface area contributed by atoms with E-state index in [1.165, 1.54) is 32.4 Å². The molecule has 5 nitrogen and oxygen atoms in total. The van der Waals surface area contributed by atoms with Crippen LogP contribution in [0.2, 0.25) is 0 Å². The number of amides is 2. The standard InChI is InChI=1S/C25H28FN3O2/c1-27-24(30)18-6-7-21(23(26)14-18)16-5-8-22-17(13-16)9-12-29(25(22)31)20-10-11-28(15-20)19-3-2-4-19/h5-8,13-14,19-20H,2-4,9-12,15H2,1H3,(H,27,30)/t20-/m1/s1. The summed E-state index contributed by atoms with van der Waals surface area (Å²) in [6, 6.07) is 11.1. The fraction of sp³-hybridized carbons (Fsp3) is 0.440. The van der Waals surface area contributed by atoms with Crippen LogP contribution in [0, 0.1) is 5.82 Å². The van der Waals surface area contributed by atoms with Gasteiger partial charge in [-0.3, -0.25) is 14.5 Å². The van der Waals surface area contributed by atoms with Gasteiger partial charge in [-0.15, -0.1) is 0 Å². The van der Waals surface area contributed by atoms with Crippen molar-refractivity contribution < 1.29 is 14.0 Å². The summed E-state index contributed by atoms with van der Waals surface area (Å²) in [5, 5.41) is 2.51. The van der Waals surface area contributed by atoms with Crippen molar-refractivity contribution in [2.75, 3.05) is 26.7 Å². The Bertz CT molecular complexity index is 1030. The Balaban J connectivity index is 1.34. The number of carbonyl (C=O) groups excluding carboxylic acids is 2. The molecule has 0 bridgehead atoms. The van der Waals surface area contributed by atoms with Crippen LogP contribution in [0.15, 0.2) is 36.4 Å². The monoisotopic (exact) mass is 421 g/mol. The van der Waals surface area contributed by atoms with E-state index >= 15 is 0 Å². The fourth-order valence-corrected chi connectivity index (χ4v) is 5.16. The number of rotatable bonds is 4. The lowest BCUT2D eigenvalue weighted by Gasteiger charge is -2.37. The molecule has 2 aromatic rings. The molecular formula is C25H28FN3O2. The molecule has 2 amide bonds. The van der Waals surface area contributed by atoms with Gasteiger partial charge in [-0.1, -0.05) is 24.6 Å². The van der Waals surface area contributed by atoms with Gasteiger partial charge in [0, 0.05) is 55.5 Å². The van der Waals surface area contributed by atoms with Gasteiger partial charge in [-0.2, -0.15) is 0 Å². The van der Waals surface area contributed by atoms with E-state index in [1.54, 1.807) is 12.1 Å². The van der Waals surface area contributed by atoms with Gasteiger partial charge in [-0.25, -0.2) is 4.39 Å². The Morgan fingerprint density at radius 1 is 1.03 bits per heavy atom. The van der Waals surface area contributed by atoms with Crippen LogP contribution < -0.4 is 5.32 Å². The van der Waals surface area contributed by atoms with Crippen molar-refractivity contribution in [2.45, 2.75) is 44.2 Å². The molecule has 2 fully saturated rings. The fourth-order valence-electron chi connectivity index (χ4n) is 5.16. The first kappa shape index (κ1) is 20.2. The lowest BCUT2D eigenvalue weighted by Crippen LogP contribution is -2.47. The third kappa shape index (κ3) is 3.63. The third-order valence-corrected chi connectivity index (χ3v) is 7.21. The molecule has 1 saturated heterocycles. The zero-order valence-corrected chi connectivity index (χ0v) is 17.9. The van der Waals surface area contributed by atoms with Crippen LogP contribution in [0.3, 0.4) is 0 Å². The molecule has 2 heterocycles. The van der Waals surface area contributed by atoms with Gasteiger partial charge in [-0.05, 0) is 55.0 Å². The quantitative estimate of drug-likeness (QED) is 0.823. The van der Waals surface area contributed by atoms with Gasteiger partial charge in [0.05, 0.1) is 0 Å². The van der Waals surface area contributed by atoms with Gasteiger partial charge in [0.15, 0.2) is 0 Å². The maximum atomic E-state index is 14.7. The molecule has 6 heteroatoms. The predicted octanol–water partition coefficient (Wildman–Crippen LogP) is 3.48. The summed E-state index contributed by atoms with van der Waals surface area (Å²) in [6.07, 6.45) is 5.77. The average molecular weight is 422 g/mol. The minimum absolute atomic E-state index is 0.101. The van der Waals surface area contributed by atoms with E-state index in [4.69, 9.17) is 0 Å². The highest BCUT2D eigenvalue weighted by atomic mass is 19.1. The summed E-state index contributed by atoms with van der Waals surface area (Å²) >= 11 is 0. The highest BCUT2D eigenvalue weighted by molar-refractivity contribution is 5.98. The first-order valence-corrected chi connectivity index (χ1v) is 11.2. The van der Waals surface area contributed by atoms with E-state index in [2.05, 4.69) is 15.1 Å². The summed E-state index contributed by atoms with van der Waals surface area (Å²) in [5.41, 5.74) is 3.18. The first-order chi connectivity index (χ1) is 15.0. The maximum absolute atomic E-state index is 14.7. The molecule has 0 spiro atoms. The summed E-state index contributed by atoms with van der Waals surface area (Å²) in [4.78, 5) is 29.6. The number of carbonyl (C=O) groups is 2. The topological polar surface area (TPSA) is 52.7 Å². The molecule has 162 valence electrons. The Morgan fingerprint density at radius 3 is 2.55 bits per heavy atom. The lowest BCUT2D eigenvalue weighted by atomic mass is 9.91. The van der Waals surface area contributed by atoms with Crippen molar-refractivity contribution in [3.8, 4) is 11.1 Å². The Kier molecular flexibility index (Phi) is 5.26. The Labute approximate surface area is 182 Å². The number of likely N-dealkylation sites (tertiary alicyclic amines) is 1. The van der Waals surface area contributed by atoms with E-state index < -0.39 is 5.82 Å². The molecule has 1 atom stereocenters. The summed E-state index contributed by atoms with van der Waals surface area (Å²) < 4.78 is 14.7.